The molecule has 0 fully saturated rings. The van der Waals surface area contributed by atoms with Gasteiger partial charge in [-0.3, -0.25) is 9.89 Å². The molecular formula is C12H22N4O. The van der Waals surface area contributed by atoms with E-state index in [1.807, 2.05) is 20.0 Å². The van der Waals surface area contributed by atoms with Crippen molar-refractivity contribution in [2.75, 3.05) is 6.54 Å². The molecule has 0 aliphatic heterocycles. The van der Waals surface area contributed by atoms with Gasteiger partial charge in [-0.15, -0.1) is 0 Å². The number of carbonyl (C=O) groups is 1. The molecule has 5 nitrogen and oxygen atoms in total. The maximum Gasteiger partial charge on any atom is 0.221 e. The predicted molar refractivity (Wildman–Crippen MR) is 67.5 cm³/mol. The van der Waals surface area contributed by atoms with Gasteiger partial charge in [-0.2, -0.15) is 5.10 Å². The predicted octanol–water partition coefficient (Wildman–Crippen LogP) is 1.11. The van der Waals surface area contributed by atoms with Gasteiger partial charge in [0, 0.05) is 36.8 Å². The third-order valence-corrected chi connectivity index (χ3v) is 2.80. The van der Waals surface area contributed by atoms with Crippen molar-refractivity contribution in [3.8, 4) is 0 Å². The number of amides is 1. The number of nitrogens with zero attached hydrogens (tertiary/aromatic N) is 1. The van der Waals surface area contributed by atoms with E-state index in [0.717, 1.165) is 24.2 Å². The molecule has 0 aliphatic carbocycles. The molecule has 96 valence electrons. The lowest BCUT2D eigenvalue weighted by Crippen LogP contribution is -2.33. The minimum absolute atomic E-state index is 0.107. The van der Waals surface area contributed by atoms with E-state index < -0.39 is 0 Å². The normalized spacial score (nSPS) is 12.4. The Morgan fingerprint density at radius 2 is 2.35 bits per heavy atom. The summed E-state index contributed by atoms with van der Waals surface area (Å²) in [7, 11) is 0. The van der Waals surface area contributed by atoms with Crippen LogP contribution in [0.25, 0.3) is 0 Å². The monoisotopic (exact) mass is 238 g/mol. The second kappa shape index (κ2) is 7.06. The van der Waals surface area contributed by atoms with Gasteiger partial charge in [-0.1, -0.05) is 6.92 Å². The Morgan fingerprint density at radius 3 is 2.94 bits per heavy atom. The van der Waals surface area contributed by atoms with Gasteiger partial charge in [0.25, 0.3) is 0 Å². The number of carbonyl (C=O) groups excluding carboxylic acids is 1. The molecule has 0 saturated heterocycles. The van der Waals surface area contributed by atoms with Crippen LogP contribution < -0.4 is 10.6 Å². The number of hydrogen-bond acceptors (Lipinski definition) is 3. The van der Waals surface area contributed by atoms with E-state index in [1.54, 1.807) is 0 Å². The minimum Gasteiger partial charge on any atom is -0.354 e. The Bertz CT molecular complexity index is 348. The third kappa shape index (κ3) is 4.99. The Labute approximate surface area is 102 Å². The summed E-state index contributed by atoms with van der Waals surface area (Å²) in [6.45, 7) is 7.50. The van der Waals surface area contributed by atoms with Crippen molar-refractivity contribution in [2.45, 2.75) is 46.2 Å². The Hall–Kier alpha value is -1.36. The first kappa shape index (κ1) is 13.7. The summed E-state index contributed by atoms with van der Waals surface area (Å²) in [6, 6.07) is 0.263. The van der Waals surface area contributed by atoms with Gasteiger partial charge in [-0.05, 0) is 20.3 Å². The molecule has 3 N–H and O–H groups in total. The van der Waals surface area contributed by atoms with Crippen molar-refractivity contribution >= 4 is 5.91 Å². The smallest absolute Gasteiger partial charge is 0.221 e. The van der Waals surface area contributed by atoms with Crippen LogP contribution in [0.3, 0.4) is 0 Å². The van der Waals surface area contributed by atoms with Crippen LogP contribution in [0.2, 0.25) is 0 Å². The van der Waals surface area contributed by atoms with Crippen LogP contribution >= 0.6 is 0 Å². The first-order valence-corrected chi connectivity index (χ1v) is 6.12. The van der Waals surface area contributed by atoms with Gasteiger partial charge < -0.3 is 10.6 Å². The van der Waals surface area contributed by atoms with Crippen LogP contribution in [0.1, 0.15) is 37.9 Å². The summed E-state index contributed by atoms with van der Waals surface area (Å²) < 4.78 is 0. The van der Waals surface area contributed by atoms with Crippen LogP contribution in [0.4, 0.5) is 0 Å². The zero-order chi connectivity index (χ0) is 12.7. The molecule has 1 amide bonds. The molecule has 0 aliphatic rings. The van der Waals surface area contributed by atoms with E-state index in [-0.39, 0.29) is 11.9 Å². The van der Waals surface area contributed by atoms with Crippen LogP contribution in [-0.4, -0.2) is 28.7 Å². The highest BCUT2D eigenvalue weighted by Gasteiger charge is 2.05. The number of hydrogen-bond donors (Lipinski definition) is 3. The second-order valence-corrected chi connectivity index (χ2v) is 4.32. The lowest BCUT2D eigenvalue weighted by Gasteiger charge is -2.11. The van der Waals surface area contributed by atoms with Crippen molar-refractivity contribution < 1.29 is 4.79 Å². The fourth-order valence-corrected chi connectivity index (χ4v) is 1.43. The minimum atomic E-state index is 0.107. The molecule has 1 unspecified atom stereocenters. The highest BCUT2D eigenvalue weighted by atomic mass is 16.1. The van der Waals surface area contributed by atoms with Gasteiger partial charge in [-0.25, -0.2) is 0 Å². The topological polar surface area (TPSA) is 69.8 Å². The molecule has 0 bridgehead atoms. The molecule has 1 aromatic heterocycles. The SMILES string of the molecule is CCC(C)NC(=O)CCNCc1cn[nH]c1C. The average Bonchev–Trinajstić information content (AvgIpc) is 2.70. The standard InChI is InChI=1S/C12H22N4O/c1-4-9(2)15-12(17)5-6-13-7-11-8-14-16-10(11)3/h8-9,13H,4-7H2,1-3H3,(H,14,16)(H,15,17). The molecule has 0 radical (unpaired) electrons. The molecule has 1 heterocycles. The van der Waals surface area contributed by atoms with Crippen LogP contribution in [0, 0.1) is 6.92 Å². The number of rotatable bonds is 7. The Balaban J connectivity index is 2.12. The lowest BCUT2D eigenvalue weighted by atomic mass is 10.2. The zero-order valence-electron chi connectivity index (χ0n) is 10.8. The van der Waals surface area contributed by atoms with Gasteiger partial charge in [0.15, 0.2) is 0 Å². The van der Waals surface area contributed by atoms with Gasteiger partial charge >= 0.3 is 0 Å². The summed E-state index contributed by atoms with van der Waals surface area (Å²) in [5.74, 6) is 0.107. The molecule has 1 aromatic rings. The molecule has 1 rings (SSSR count). The molecule has 5 heteroatoms. The van der Waals surface area contributed by atoms with Crippen molar-refractivity contribution in [1.82, 2.24) is 20.8 Å². The van der Waals surface area contributed by atoms with E-state index >= 15 is 0 Å². The van der Waals surface area contributed by atoms with E-state index in [1.165, 1.54) is 0 Å². The summed E-state index contributed by atoms with van der Waals surface area (Å²) >= 11 is 0. The second-order valence-electron chi connectivity index (χ2n) is 4.32. The Morgan fingerprint density at radius 1 is 1.59 bits per heavy atom. The maximum absolute atomic E-state index is 11.5. The quantitative estimate of drug-likeness (QED) is 0.623. The van der Waals surface area contributed by atoms with Crippen molar-refractivity contribution in [1.29, 1.82) is 0 Å². The summed E-state index contributed by atoms with van der Waals surface area (Å²) in [4.78, 5) is 11.5. The molecule has 0 saturated carbocycles. The van der Waals surface area contributed by atoms with Crippen molar-refractivity contribution in [3.05, 3.63) is 17.5 Å². The first-order chi connectivity index (χ1) is 8.13. The van der Waals surface area contributed by atoms with Crippen molar-refractivity contribution in [3.63, 3.8) is 0 Å². The van der Waals surface area contributed by atoms with Gasteiger partial charge in [0.2, 0.25) is 5.91 Å². The molecular weight excluding hydrogens is 216 g/mol. The Kier molecular flexibility index (Phi) is 5.69. The zero-order valence-corrected chi connectivity index (χ0v) is 10.8. The molecule has 17 heavy (non-hydrogen) atoms. The maximum atomic E-state index is 11.5. The van der Waals surface area contributed by atoms with Crippen LogP contribution in [0.15, 0.2) is 6.20 Å². The van der Waals surface area contributed by atoms with Crippen molar-refractivity contribution in [2.24, 2.45) is 0 Å². The van der Waals surface area contributed by atoms with E-state index in [2.05, 4.69) is 27.8 Å². The summed E-state index contributed by atoms with van der Waals surface area (Å²) in [5, 5.41) is 13.0. The van der Waals surface area contributed by atoms with Gasteiger partial charge in [0.05, 0.1) is 6.20 Å². The number of nitrogens with one attached hydrogen (secondary N) is 3. The number of H-pyrrole nitrogens is 1. The first-order valence-electron chi connectivity index (χ1n) is 6.12. The van der Waals surface area contributed by atoms with Crippen LogP contribution in [-0.2, 0) is 11.3 Å². The lowest BCUT2D eigenvalue weighted by molar-refractivity contribution is -0.121. The summed E-state index contributed by atoms with van der Waals surface area (Å²) in [5.41, 5.74) is 2.22. The fourth-order valence-electron chi connectivity index (χ4n) is 1.43. The largest absolute Gasteiger partial charge is 0.354 e. The van der Waals surface area contributed by atoms with E-state index in [9.17, 15) is 4.79 Å². The number of aryl methyl sites for hydroxylation is 1. The average molecular weight is 238 g/mol. The number of aromatic nitrogens is 2. The highest BCUT2D eigenvalue weighted by molar-refractivity contribution is 5.76. The van der Waals surface area contributed by atoms with Gasteiger partial charge in [0.1, 0.15) is 0 Å². The van der Waals surface area contributed by atoms with E-state index in [0.29, 0.717) is 13.0 Å². The van der Waals surface area contributed by atoms with E-state index in [4.69, 9.17) is 0 Å². The number of aromatic amines is 1. The molecule has 1 atom stereocenters. The summed E-state index contributed by atoms with van der Waals surface area (Å²) in [6.07, 6.45) is 3.29. The third-order valence-electron chi connectivity index (χ3n) is 2.80. The van der Waals surface area contributed by atoms with Crippen LogP contribution in [0.5, 0.6) is 0 Å². The fraction of sp³-hybridized carbons (Fsp3) is 0.667. The molecule has 0 spiro atoms. The molecule has 0 aromatic carbocycles. The highest BCUT2D eigenvalue weighted by Crippen LogP contribution is 2.00.